The highest BCUT2D eigenvalue weighted by Crippen LogP contribution is 2.37. The van der Waals surface area contributed by atoms with E-state index in [1.54, 1.807) is 35.0 Å². The molecule has 382 valence electrons. The van der Waals surface area contributed by atoms with Gasteiger partial charge in [0.05, 0.1) is 46.1 Å². The zero-order valence-electron chi connectivity index (χ0n) is 43.3. The Kier molecular flexibility index (Phi) is 20.9. The summed E-state index contributed by atoms with van der Waals surface area (Å²) in [5.74, 6) is 3.11. The summed E-state index contributed by atoms with van der Waals surface area (Å²) in [4.78, 5) is 51.3. The van der Waals surface area contributed by atoms with Crippen LogP contribution in [-0.2, 0) is 42.9 Å². The third kappa shape index (κ3) is 18.1. The summed E-state index contributed by atoms with van der Waals surface area (Å²) in [5, 5.41) is 3.77. The molecule has 2 aromatic rings. The van der Waals surface area contributed by atoms with Crippen LogP contribution in [-0.4, -0.2) is 133 Å². The Labute approximate surface area is 411 Å². The van der Waals surface area contributed by atoms with Gasteiger partial charge in [0.1, 0.15) is 45.1 Å². The van der Waals surface area contributed by atoms with Gasteiger partial charge in [0.15, 0.2) is 0 Å². The average molecular weight is 974 g/mol. The zero-order chi connectivity index (χ0) is 50.4. The number of ether oxygens (including phenoxy) is 7. The first kappa shape index (κ1) is 56.1. The fourth-order valence-corrected chi connectivity index (χ4v) is 8.20. The van der Waals surface area contributed by atoms with Crippen LogP contribution in [0.15, 0.2) is 24.8 Å². The Bertz CT molecular complexity index is 1980. The number of aromatic nitrogens is 2. The Morgan fingerprint density at radius 2 is 1.26 bits per heavy atom. The van der Waals surface area contributed by atoms with Crippen LogP contribution >= 0.6 is 11.6 Å². The van der Waals surface area contributed by atoms with Gasteiger partial charge in [-0.3, -0.25) is 4.90 Å². The largest absolute Gasteiger partial charge is 0.496 e. The minimum Gasteiger partial charge on any atom is -0.496 e. The number of hydrogen-bond acceptors (Lipinski definition) is 13. The van der Waals surface area contributed by atoms with Crippen molar-refractivity contribution in [1.29, 1.82) is 0 Å². The van der Waals surface area contributed by atoms with Gasteiger partial charge in [0.2, 0.25) is 0 Å². The molecule has 0 radical (unpaired) electrons. The van der Waals surface area contributed by atoms with Crippen LogP contribution in [0, 0.1) is 0 Å². The Morgan fingerprint density at radius 3 is 1.81 bits per heavy atom. The summed E-state index contributed by atoms with van der Waals surface area (Å²) in [7, 11) is 3.31. The Morgan fingerprint density at radius 1 is 0.735 bits per heavy atom. The fraction of sp³-hybridized carbons (Fsp3) is 0.706. The van der Waals surface area contributed by atoms with Crippen molar-refractivity contribution >= 4 is 41.5 Å². The number of pyridine rings is 2. The second kappa shape index (κ2) is 25.4. The lowest BCUT2D eigenvalue weighted by Gasteiger charge is -2.36. The van der Waals surface area contributed by atoms with E-state index in [-0.39, 0.29) is 36.5 Å². The molecule has 0 bridgehead atoms. The van der Waals surface area contributed by atoms with E-state index in [1.165, 1.54) is 0 Å². The topological polar surface area (TPSA) is 163 Å². The van der Waals surface area contributed by atoms with Crippen molar-refractivity contribution in [3.8, 4) is 11.5 Å². The van der Waals surface area contributed by atoms with Crippen LogP contribution < -0.4 is 19.7 Å². The van der Waals surface area contributed by atoms with E-state index < -0.39 is 16.8 Å². The molecule has 4 aliphatic rings. The summed E-state index contributed by atoms with van der Waals surface area (Å²) >= 11 is 5.88. The molecule has 4 atom stereocenters. The molecule has 0 aliphatic carbocycles. The van der Waals surface area contributed by atoms with Gasteiger partial charge in [0, 0.05) is 60.7 Å². The number of carbonyl (C=O) groups is 3. The van der Waals surface area contributed by atoms with E-state index in [4.69, 9.17) is 49.7 Å². The molecule has 68 heavy (non-hydrogen) atoms. The highest BCUT2D eigenvalue weighted by atomic mass is 35.5. The average Bonchev–Trinajstić information content (AvgIpc) is 3.92. The molecular weight excluding hydrogens is 892 g/mol. The van der Waals surface area contributed by atoms with Crippen molar-refractivity contribution < 1.29 is 47.5 Å². The van der Waals surface area contributed by atoms with Crippen molar-refractivity contribution in [3.05, 3.63) is 46.8 Å². The number of aryl methyl sites for hydroxylation is 1. The van der Waals surface area contributed by atoms with E-state index in [0.717, 1.165) is 98.3 Å². The first-order valence-corrected chi connectivity index (χ1v) is 24.7. The number of hydrogen-bond donors (Lipinski definition) is 1. The van der Waals surface area contributed by atoms with Gasteiger partial charge in [-0.15, -0.1) is 6.58 Å². The minimum absolute atomic E-state index is 0.00476. The Balaban J connectivity index is 0.000000265. The van der Waals surface area contributed by atoms with Gasteiger partial charge >= 0.3 is 18.3 Å². The SMILES string of the molecule is C=CCCO[C@@H]1CCN(C(=O)OC(C)(C)C)C1.COc1cc(CCCCO[C@@H]2CCN(C(=O)OC(C)(C)C)C2)nc2c1CCC(C)N2C(=O)OC(C)(C)C.COc1cc(Cl)nc2c1CCC(C)N2. The van der Waals surface area contributed by atoms with Gasteiger partial charge in [-0.25, -0.2) is 24.4 Å². The number of nitrogens with one attached hydrogen (secondary N) is 1. The molecule has 6 rings (SSSR count). The molecule has 2 aromatic heterocycles. The lowest BCUT2D eigenvalue weighted by molar-refractivity contribution is 0.0203. The maximum absolute atomic E-state index is 13.0. The minimum atomic E-state index is -0.584. The van der Waals surface area contributed by atoms with Crippen LogP contribution in [0.2, 0.25) is 5.15 Å². The van der Waals surface area contributed by atoms with E-state index in [1.807, 2.05) is 81.4 Å². The standard InChI is InChI=1S/C28H45N3O6.C13H23NO3.C10H13ClN2O/c1-19-12-13-22-23(34-8)17-20(29-24(22)31(19)26(33)37-28(5,6)7)11-9-10-16-35-21-14-15-30(18-21)25(32)36-27(2,3)4;1-5-6-9-16-11-7-8-14(10-11)12(15)17-13(2,3)4;1-6-3-4-7-8(14-2)5-9(11)13-10(7)12-6/h17,19,21H,9-16,18H2,1-8H3;5,11H,1,6-10H2,2-4H3;5-6H,3-4H2,1-2H3,(H,12,13)/t19?,21-;11-;/m11./s1. The number of halogens is 1. The maximum atomic E-state index is 13.0. The molecular formula is C51H81ClN6O10. The van der Waals surface area contributed by atoms with Crippen molar-refractivity contribution in [2.75, 3.05) is 63.8 Å². The van der Waals surface area contributed by atoms with Crippen LogP contribution in [0.3, 0.4) is 0 Å². The predicted molar refractivity (Wildman–Crippen MR) is 267 cm³/mol. The number of nitrogens with zero attached hydrogens (tertiary/aromatic N) is 5. The third-order valence-electron chi connectivity index (χ3n) is 11.3. The summed E-state index contributed by atoms with van der Waals surface area (Å²) in [6.07, 6.45) is 9.92. The van der Waals surface area contributed by atoms with Crippen molar-refractivity contribution in [2.45, 2.75) is 181 Å². The highest BCUT2D eigenvalue weighted by Gasteiger charge is 2.36. The van der Waals surface area contributed by atoms with E-state index in [0.29, 0.717) is 56.4 Å². The van der Waals surface area contributed by atoms with Gasteiger partial charge in [-0.2, -0.15) is 0 Å². The smallest absolute Gasteiger partial charge is 0.416 e. The molecule has 2 unspecified atom stereocenters. The number of anilines is 2. The molecule has 0 spiro atoms. The number of amides is 3. The molecule has 4 aliphatic heterocycles. The van der Waals surface area contributed by atoms with Crippen LogP contribution in [0.1, 0.15) is 138 Å². The normalized spacial score (nSPS) is 20.1. The number of carbonyl (C=O) groups excluding carboxylic acids is 3. The number of methoxy groups -OCH3 is 2. The van der Waals surface area contributed by atoms with Gasteiger partial charge < -0.3 is 48.3 Å². The molecule has 2 saturated heterocycles. The van der Waals surface area contributed by atoms with E-state index in [2.05, 4.69) is 23.8 Å². The van der Waals surface area contributed by atoms with Crippen molar-refractivity contribution in [3.63, 3.8) is 0 Å². The molecule has 16 nitrogen and oxygen atoms in total. The summed E-state index contributed by atoms with van der Waals surface area (Å²) in [6.45, 7) is 28.5. The van der Waals surface area contributed by atoms with Crippen molar-refractivity contribution in [1.82, 2.24) is 19.8 Å². The van der Waals surface area contributed by atoms with Crippen LogP contribution in [0.25, 0.3) is 0 Å². The summed E-state index contributed by atoms with van der Waals surface area (Å²) in [6, 6.07) is 4.20. The van der Waals surface area contributed by atoms with E-state index in [9.17, 15) is 14.4 Å². The summed E-state index contributed by atoms with van der Waals surface area (Å²) in [5.41, 5.74) is 1.46. The second-order valence-electron chi connectivity index (χ2n) is 20.9. The quantitative estimate of drug-likeness (QED) is 0.0926. The molecule has 0 saturated carbocycles. The highest BCUT2D eigenvalue weighted by molar-refractivity contribution is 6.29. The zero-order valence-corrected chi connectivity index (χ0v) is 44.0. The fourth-order valence-electron chi connectivity index (χ4n) is 8.01. The molecule has 6 heterocycles. The van der Waals surface area contributed by atoms with Crippen LogP contribution in [0.5, 0.6) is 11.5 Å². The van der Waals surface area contributed by atoms with Gasteiger partial charge in [0.25, 0.3) is 0 Å². The second-order valence-corrected chi connectivity index (χ2v) is 21.3. The summed E-state index contributed by atoms with van der Waals surface area (Å²) < 4.78 is 39.1. The Hall–Kier alpha value is -4.54. The number of likely N-dealkylation sites (tertiary alicyclic amines) is 2. The molecule has 1 N–H and O–H groups in total. The molecule has 3 amide bonds. The van der Waals surface area contributed by atoms with E-state index >= 15 is 0 Å². The molecule has 2 fully saturated rings. The van der Waals surface area contributed by atoms with Crippen LogP contribution in [0.4, 0.5) is 26.0 Å². The number of fused-ring (bicyclic) bond motifs is 2. The van der Waals surface area contributed by atoms with Crippen molar-refractivity contribution in [2.24, 2.45) is 0 Å². The monoisotopic (exact) mass is 973 g/mol. The number of unbranched alkanes of at least 4 members (excludes halogenated alkanes) is 1. The first-order valence-electron chi connectivity index (χ1n) is 24.3. The number of rotatable bonds is 12. The third-order valence-corrected chi connectivity index (χ3v) is 11.5. The van der Waals surface area contributed by atoms with Gasteiger partial charge in [-0.1, -0.05) is 17.7 Å². The first-order chi connectivity index (χ1) is 31.9. The lowest BCUT2D eigenvalue weighted by Crippen LogP contribution is -2.45. The maximum Gasteiger partial charge on any atom is 0.416 e. The lowest BCUT2D eigenvalue weighted by atomic mass is 9.98. The molecule has 0 aromatic carbocycles. The van der Waals surface area contributed by atoms with Gasteiger partial charge in [-0.05, 0) is 140 Å². The molecule has 17 heteroatoms. The predicted octanol–water partition coefficient (Wildman–Crippen LogP) is 10.6.